The van der Waals surface area contributed by atoms with Gasteiger partial charge in [0.05, 0.1) is 0 Å². The van der Waals surface area contributed by atoms with Gasteiger partial charge in [0.1, 0.15) is 0 Å². The summed E-state index contributed by atoms with van der Waals surface area (Å²) in [5.74, 6) is 1.04. The summed E-state index contributed by atoms with van der Waals surface area (Å²) in [6.07, 6.45) is 10.4. The van der Waals surface area contributed by atoms with Crippen molar-refractivity contribution in [2.75, 3.05) is 13.1 Å². The third kappa shape index (κ3) is 2.46. The van der Waals surface area contributed by atoms with E-state index in [2.05, 4.69) is 11.8 Å². The maximum absolute atomic E-state index is 2.72. The third-order valence-corrected chi connectivity index (χ3v) is 3.91. The Hall–Kier alpha value is -0.0400. The number of hydrogen-bond acceptors (Lipinski definition) is 1. The van der Waals surface area contributed by atoms with Crippen LogP contribution in [0.5, 0.6) is 0 Å². The molecular formula is C12H23N. The van der Waals surface area contributed by atoms with E-state index in [4.69, 9.17) is 0 Å². The molecule has 0 radical (unpaired) electrons. The summed E-state index contributed by atoms with van der Waals surface area (Å²) in [5.41, 5.74) is 0. The summed E-state index contributed by atoms with van der Waals surface area (Å²) in [7, 11) is 0. The van der Waals surface area contributed by atoms with Gasteiger partial charge in [-0.05, 0) is 45.1 Å². The Morgan fingerprint density at radius 1 is 1.00 bits per heavy atom. The fourth-order valence-electron chi connectivity index (χ4n) is 2.97. The Balaban J connectivity index is 1.75. The predicted molar refractivity (Wildman–Crippen MR) is 56.8 cm³/mol. The molecule has 1 aliphatic carbocycles. The first-order valence-corrected chi connectivity index (χ1v) is 6.10. The normalized spacial score (nSPS) is 32.5. The minimum Gasteiger partial charge on any atom is -0.300 e. The Labute approximate surface area is 82.5 Å². The van der Waals surface area contributed by atoms with Gasteiger partial charge in [-0.2, -0.15) is 0 Å². The molecule has 13 heavy (non-hydrogen) atoms. The van der Waals surface area contributed by atoms with Gasteiger partial charge in [-0.15, -0.1) is 0 Å². The van der Waals surface area contributed by atoms with Gasteiger partial charge in [-0.3, -0.25) is 0 Å². The average molecular weight is 181 g/mol. The number of likely N-dealkylation sites (tertiary alicyclic amines) is 1. The molecule has 1 atom stereocenters. The molecule has 1 saturated carbocycles. The van der Waals surface area contributed by atoms with E-state index >= 15 is 0 Å². The van der Waals surface area contributed by atoms with Crippen molar-refractivity contribution in [2.24, 2.45) is 5.92 Å². The van der Waals surface area contributed by atoms with Crippen LogP contribution in [0.15, 0.2) is 0 Å². The van der Waals surface area contributed by atoms with Crippen LogP contribution in [0.2, 0.25) is 0 Å². The lowest BCUT2D eigenvalue weighted by Crippen LogP contribution is -2.32. The molecule has 1 nitrogen and oxygen atoms in total. The highest BCUT2D eigenvalue weighted by atomic mass is 15.2. The topological polar surface area (TPSA) is 3.24 Å². The van der Waals surface area contributed by atoms with E-state index in [-0.39, 0.29) is 0 Å². The first kappa shape index (κ1) is 9.51. The Morgan fingerprint density at radius 2 is 1.77 bits per heavy atom. The first-order chi connectivity index (χ1) is 6.36. The van der Waals surface area contributed by atoms with Gasteiger partial charge in [0.2, 0.25) is 0 Å². The van der Waals surface area contributed by atoms with Crippen LogP contribution in [0.25, 0.3) is 0 Å². The molecule has 1 aliphatic heterocycles. The van der Waals surface area contributed by atoms with E-state index in [1.54, 1.807) is 0 Å². The summed E-state index contributed by atoms with van der Waals surface area (Å²) in [6, 6.07) is 0.877. The molecule has 1 heteroatoms. The standard InChI is InChI=1S/C12H23N/c1-11-6-5-9-13(11)10-12-7-3-2-4-8-12/h11-12H,2-10H2,1H3. The van der Waals surface area contributed by atoms with Crippen molar-refractivity contribution in [3.05, 3.63) is 0 Å². The van der Waals surface area contributed by atoms with E-state index in [1.165, 1.54) is 58.0 Å². The SMILES string of the molecule is CC1CCCN1CC1CCCCC1. The van der Waals surface area contributed by atoms with E-state index in [1.807, 2.05) is 0 Å². The number of nitrogens with zero attached hydrogens (tertiary/aromatic N) is 1. The molecule has 76 valence electrons. The summed E-state index contributed by atoms with van der Waals surface area (Å²) in [4.78, 5) is 2.72. The molecule has 2 fully saturated rings. The van der Waals surface area contributed by atoms with Gasteiger partial charge in [-0.1, -0.05) is 19.3 Å². The molecule has 0 aromatic heterocycles. The zero-order valence-corrected chi connectivity index (χ0v) is 8.97. The lowest BCUT2D eigenvalue weighted by atomic mass is 9.89. The maximum Gasteiger partial charge on any atom is 0.00675 e. The average Bonchev–Trinajstić information content (AvgIpc) is 2.54. The number of hydrogen-bond donors (Lipinski definition) is 0. The lowest BCUT2D eigenvalue weighted by Gasteiger charge is -2.29. The highest BCUT2D eigenvalue weighted by Crippen LogP contribution is 2.27. The summed E-state index contributed by atoms with van der Waals surface area (Å²) in [6.45, 7) is 5.18. The molecule has 0 aromatic rings. The van der Waals surface area contributed by atoms with Crippen molar-refractivity contribution in [1.82, 2.24) is 4.90 Å². The Bertz CT molecular complexity index is 149. The van der Waals surface area contributed by atoms with Crippen molar-refractivity contribution < 1.29 is 0 Å². The highest BCUT2D eigenvalue weighted by Gasteiger charge is 2.23. The van der Waals surface area contributed by atoms with Crippen LogP contribution >= 0.6 is 0 Å². The van der Waals surface area contributed by atoms with Crippen LogP contribution in [-0.2, 0) is 0 Å². The minimum atomic E-state index is 0.877. The quantitative estimate of drug-likeness (QED) is 0.633. The van der Waals surface area contributed by atoms with Gasteiger partial charge in [-0.25, -0.2) is 0 Å². The fourth-order valence-corrected chi connectivity index (χ4v) is 2.97. The highest BCUT2D eigenvalue weighted by molar-refractivity contribution is 4.78. The van der Waals surface area contributed by atoms with Gasteiger partial charge >= 0.3 is 0 Å². The van der Waals surface area contributed by atoms with Gasteiger partial charge < -0.3 is 4.90 Å². The molecular weight excluding hydrogens is 158 g/mol. The molecule has 2 aliphatic rings. The van der Waals surface area contributed by atoms with E-state index in [0.29, 0.717) is 0 Å². The van der Waals surface area contributed by atoms with E-state index < -0.39 is 0 Å². The van der Waals surface area contributed by atoms with Crippen molar-refractivity contribution in [1.29, 1.82) is 0 Å². The van der Waals surface area contributed by atoms with Crippen LogP contribution in [0.3, 0.4) is 0 Å². The Kier molecular flexibility index (Phi) is 3.26. The molecule has 2 rings (SSSR count). The molecule has 1 saturated heterocycles. The minimum absolute atomic E-state index is 0.877. The lowest BCUT2D eigenvalue weighted by molar-refractivity contribution is 0.196. The van der Waals surface area contributed by atoms with Gasteiger partial charge in [0.25, 0.3) is 0 Å². The van der Waals surface area contributed by atoms with Crippen LogP contribution in [0.1, 0.15) is 51.9 Å². The second-order valence-corrected chi connectivity index (χ2v) is 4.99. The molecule has 0 amide bonds. The molecule has 1 heterocycles. The summed E-state index contributed by atoms with van der Waals surface area (Å²) < 4.78 is 0. The molecule has 0 spiro atoms. The van der Waals surface area contributed by atoms with Crippen LogP contribution in [-0.4, -0.2) is 24.0 Å². The zero-order chi connectivity index (χ0) is 9.10. The second-order valence-electron chi connectivity index (χ2n) is 4.99. The van der Waals surface area contributed by atoms with Gasteiger partial charge in [0, 0.05) is 12.6 Å². The molecule has 0 bridgehead atoms. The molecule has 0 N–H and O–H groups in total. The van der Waals surface area contributed by atoms with Crippen LogP contribution in [0.4, 0.5) is 0 Å². The first-order valence-electron chi connectivity index (χ1n) is 6.10. The fraction of sp³-hybridized carbons (Fsp3) is 1.00. The smallest absolute Gasteiger partial charge is 0.00675 e. The molecule has 0 aromatic carbocycles. The van der Waals surface area contributed by atoms with Crippen LogP contribution < -0.4 is 0 Å². The van der Waals surface area contributed by atoms with E-state index in [0.717, 1.165) is 12.0 Å². The monoisotopic (exact) mass is 181 g/mol. The molecule has 1 unspecified atom stereocenters. The largest absolute Gasteiger partial charge is 0.300 e. The van der Waals surface area contributed by atoms with E-state index in [9.17, 15) is 0 Å². The maximum atomic E-state index is 2.72. The van der Waals surface area contributed by atoms with Crippen LogP contribution in [0, 0.1) is 5.92 Å². The van der Waals surface area contributed by atoms with Crippen molar-refractivity contribution in [3.63, 3.8) is 0 Å². The van der Waals surface area contributed by atoms with Gasteiger partial charge in [0.15, 0.2) is 0 Å². The third-order valence-electron chi connectivity index (χ3n) is 3.91. The Morgan fingerprint density at radius 3 is 2.38 bits per heavy atom. The summed E-state index contributed by atoms with van der Waals surface area (Å²) >= 11 is 0. The van der Waals surface area contributed by atoms with Crippen molar-refractivity contribution in [2.45, 2.75) is 57.9 Å². The van der Waals surface area contributed by atoms with Crippen molar-refractivity contribution in [3.8, 4) is 0 Å². The zero-order valence-electron chi connectivity index (χ0n) is 8.97. The second kappa shape index (κ2) is 4.45. The number of rotatable bonds is 2. The van der Waals surface area contributed by atoms with Crippen molar-refractivity contribution >= 4 is 0 Å². The predicted octanol–water partition coefficient (Wildman–Crippen LogP) is 3.05. The summed E-state index contributed by atoms with van der Waals surface area (Å²) in [5, 5.41) is 0.